The van der Waals surface area contributed by atoms with Gasteiger partial charge < -0.3 is 20.1 Å². The molecule has 0 aliphatic carbocycles. The normalized spacial score (nSPS) is 12.2. The first-order valence-electron chi connectivity index (χ1n) is 9.54. The van der Waals surface area contributed by atoms with Crippen molar-refractivity contribution in [2.24, 2.45) is 7.05 Å². The lowest BCUT2D eigenvalue weighted by Crippen LogP contribution is -2.44. The molecule has 0 aliphatic rings. The van der Waals surface area contributed by atoms with Crippen molar-refractivity contribution in [1.82, 2.24) is 24.8 Å². The quantitative estimate of drug-likeness (QED) is 0.476. The molecule has 0 bridgehead atoms. The van der Waals surface area contributed by atoms with E-state index in [1.807, 2.05) is 35.9 Å². The van der Waals surface area contributed by atoms with Gasteiger partial charge in [0, 0.05) is 31.7 Å². The highest BCUT2D eigenvalue weighted by Gasteiger charge is 2.19. The molecule has 0 aliphatic heterocycles. The zero-order valence-electron chi connectivity index (χ0n) is 17.4. The summed E-state index contributed by atoms with van der Waals surface area (Å²) in [5, 5.41) is 7.33. The van der Waals surface area contributed by atoms with E-state index < -0.39 is 6.04 Å². The van der Waals surface area contributed by atoms with Gasteiger partial charge in [0.1, 0.15) is 6.04 Å². The van der Waals surface area contributed by atoms with E-state index in [9.17, 15) is 9.59 Å². The van der Waals surface area contributed by atoms with E-state index in [1.165, 1.54) is 16.2 Å². The Kier molecular flexibility index (Phi) is 5.55. The number of nitrogens with zero attached hydrogens (tertiary/aromatic N) is 4. The number of amides is 2. The van der Waals surface area contributed by atoms with Gasteiger partial charge >= 0.3 is 0 Å². The number of carbonyl (C=O) groups excluding carboxylic acids is 2. The average molecular weight is 457 g/mol. The number of likely N-dealkylation sites (N-methyl/N-ethyl adjacent to an activating group) is 1. The standard InChI is InChI=1S/C21H21ClN6O2S/c1-11(19(30)27(2)3)23-18(29)12-5-8-16-15(9-12)24-20(28(16)4)26-21-25-14-7-6-13(22)10-17(14)31-21/h5-11H,1-4H3,(H,23,29)(H,24,25,26)/t11-/m1/s1. The van der Waals surface area contributed by atoms with E-state index in [0.717, 1.165) is 15.7 Å². The number of carbonyl (C=O) groups is 2. The molecule has 2 N–H and O–H groups in total. The van der Waals surface area contributed by atoms with Crippen molar-refractivity contribution in [3.8, 4) is 0 Å². The third-order valence-corrected chi connectivity index (χ3v) is 6.04. The van der Waals surface area contributed by atoms with Crippen LogP contribution in [0.5, 0.6) is 0 Å². The summed E-state index contributed by atoms with van der Waals surface area (Å²) in [4.78, 5) is 35.2. The molecule has 2 aromatic carbocycles. The molecule has 8 nitrogen and oxygen atoms in total. The number of aromatic nitrogens is 3. The highest BCUT2D eigenvalue weighted by molar-refractivity contribution is 7.22. The lowest BCUT2D eigenvalue weighted by atomic mass is 10.1. The molecule has 4 aromatic rings. The maximum Gasteiger partial charge on any atom is 0.251 e. The van der Waals surface area contributed by atoms with Crippen LogP contribution < -0.4 is 10.6 Å². The highest BCUT2D eigenvalue weighted by Crippen LogP contribution is 2.31. The van der Waals surface area contributed by atoms with Gasteiger partial charge in [0.25, 0.3) is 5.91 Å². The third kappa shape index (κ3) is 4.19. The van der Waals surface area contributed by atoms with Gasteiger partial charge in [0.05, 0.1) is 21.3 Å². The number of hydrogen-bond acceptors (Lipinski definition) is 6. The number of halogens is 1. The largest absolute Gasteiger partial charge is 0.347 e. The molecule has 160 valence electrons. The third-order valence-electron chi connectivity index (χ3n) is 4.87. The molecule has 0 unspecified atom stereocenters. The van der Waals surface area contributed by atoms with E-state index in [2.05, 4.69) is 20.6 Å². The summed E-state index contributed by atoms with van der Waals surface area (Å²) in [6.07, 6.45) is 0. The minimum atomic E-state index is -0.619. The zero-order valence-corrected chi connectivity index (χ0v) is 19.0. The fraction of sp³-hybridized carbons (Fsp3) is 0.238. The monoisotopic (exact) mass is 456 g/mol. The summed E-state index contributed by atoms with van der Waals surface area (Å²) in [6, 6.07) is 10.2. The first-order chi connectivity index (χ1) is 14.7. The molecule has 0 saturated heterocycles. The fourth-order valence-corrected chi connectivity index (χ4v) is 4.36. The van der Waals surface area contributed by atoms with Gasteiger partial charge in [-0.3, -0.25) is 9.59 Å². The van der Waals surface area contributed by atoms with E-state index in [0.29, 0.717) is 27.2 Å². The van der Waals surface area contributed by atoms with Crippen LogP contribution in [0.2, 0.25) is 5.02 Å². The van der Waals surface area contributed by atoms with Crippen molar-refractivity contribution in [2.45, 2.75) is 13.0 Å². The van der Waals surface area contributed by atoms with Gasteiger partial charge in [-0.25, -0.2) is 9.97 Å². The fourth-order valence-electron chi connectivity index (χ4n) is 3.23. The predicted octanol–water partition coefficient (Wildman–Crippen LogP) is 3.79. The van der Waals surface area contributed by atoms with Gasteiger partial charge in [-0.2, -0.15) is 0 Å². The first-order valence-corrected chi connectivity index (χ1v) is 10.7. The maximum absolute atomic E-state index is 12.6. The molecule has 1 atom stereocenters. The van der Waals surface area contributed by atoms with Crippen LogP contribution in [0.4, 0.5) is 11.1 Å². The van der Waals surface area contributed by atoms with Crippen LogP contribution in [0.3, 0.4) is 0 Å². The van der Waals surface area contributed by atoms with E-state index in [4.69, 9.17) is 11.6 Å². The van der Waals surface area contributed by atoms with E-state index in [-0.39, 0.29) is 11.8 Å². The lowest BCUT2D eigenvalue weighted by Gasteiger charge is -2.17. The van der Waals surface area contributed by atoms with Crippen molar-refractivity contribution >= 4 is 67.1 Å². The number of nitrogens with one attached hydrogen (secondary N) is 2. The molecule has 4 rings (SSSR count). The summed E-state index contributed by atoms with van der Waals surface area (Å²) in [6.45, 7) is 1.66. The molecule has 10 heteroatoms. The van der Waals surface area contributed by atoms with Gasteiger partial charge in [0.2, 0.25) is 11.9 Å². The summed E-state index contributed by atoms with van der Waals surface area (Å²) in [5.74, 6) is 0.109. The minimum absolute atomic E-state index is 0.170. The molecule has 2 amide bonds. The molecule has 0 radical (unpaired) electrons. The number of thiazole rings is 1. The number of imidazole rings is 1. The number of anilines is 2. The van der Waals surface area contributed by atoms with Crippen LogP contribution in [0.15, 0.2) is 36.4 Å². The number of aryl methyl sites for hydroxylation is 1. The summed E-state index contributed by atoms with van der Waals surface area (Å²) < 4.78 is 2.88. The second-order valence-electron chi connectivity index (χ2n) is 7.38. The van der Waals surface area contributed by atoms with Gasteiger partial charge in [-0.15, -0.1) is 0 Å². The zero-order chi connectivity index (χ0) is 22.3. The van der Waals surface area contributed by atoms with Crippen molar-refractivity contribution in [3.05, 3.63) is 47.0 Å². The molecule has 0 spiro atoms. The Bertz CT molecular complexity index is 1310. The van der Waals surface area contributed by atoms with Gasteiger partial charge in [-0.1, -0.05) is 22.9 Å². The van der Waals surface area contributed by atoms with Gasteiger partial charge in [-0.05, 0) is 43.3 Å². The minimum Gasteiger partial charge on any atom is -0.347 e. The van der Waals surface area contributed by atoms with Gasteiger partial charge in [0.15, 0.2) is 5.13 Å². The molecule has 31 heavy (non-hydrogen) atoms. The van der Waals surface area contributed by atoms with E-state index in [1.54, 1.807) is 33.2 Å². The second kappa shape index (κ2) is 8.16. The molecule has 2 aromatic heterocycles. The van der Waals surface area contributed by atoms with E-state index >= 15 is 0 Å². The number of fused-ring (bicyclic) bond motifs is 2. The van der Waals surface area contributed by atoms with Crippen molar-refractivity contribution in [3.63, 3.8) is 0 Å². The summed E-state index contributed by atoms with van der Waals surface area (Å²) in [5.41, 5.74) is 2.82. The Labute approximate surface area is 187 Å². The molecular formula is C21H21ClN6O2S. The van der Waals surface area contributed by atoms with Crippen molar-refractivity contribution in [2.75, 3.05) is 19.4 Å². The average Bonchev–Trinajstić information content (AvgIpc) is 3.26. The maximum atomic E-state index is 12.6. The van der Waals surface area contributed by atoms with Crippen LogP contribution in [0.25, 0.3) is 21.3 Å². The van der Waals surface area contributed by atoms with Crippen molar-refractivity contribution in [1.29, 1.82) is 0 Å². The second-order valence-corrected chi connectivity index (χ2v) is 8.85. The Hall–Kier alpha value is -3.17. The number of benzene rings is 2. The SMILES string of the molecule is C[C@@H](NC(=O)c1ccc2c(c1)nc(Nc1nc3ccc(Cl)cc3s1)n2C)C(=O)N(C)C. The highest BCUT2D eigenvalue weighted by atomic mass is 35.5. The Balaban J connectivity index is 1.58. The molecule has 0 fully saturated rings. The first kappa shape index (κ1) is 21.1. The Morgan fingerprint density at radius 2 is 1.90 bits per heavy atom. The smallest absolute Gasteiger partial charge is 0.251 e. The predicted molar refractivity (Wildman–Crippen MR) is 124 cm³/mol. The molecule has 0 saturated carbocycles. The van der Waals surface area contributed by atoms with Crippen LogP contribution in [0.1, 0.15) is 17.3 Å². The molecule has 2 heterocycles. The summed E-state index contributed by atoms with van der Waals surface area (Å²) in [7, 11) is 5.19. The van der Waals surface area contributed by atoms with Crippen LogP contribution in [-0.2, 0) is 11.8 Å². The number of hydrogen-bond donors (Lipinski definition) is 2. The Morgan fingerprint density at radius 1 is 1.13 bits per heavy atom. The number of rotatable bonds is 5. The van der Waals surface area contributed by atoms with Crippen molar-refractivity contribution < 1.29 is 9.59 Å². The topological polar surface area (TPSA) is 92.1 Å². The van der Waals surface area contributed by atoms with Crippen LogP contribution >= 0.6 is 22.9 Å². The lowest BCUT2D eigenvalue weighted by molar-refractivity contribution is -0.130. The Morgan fingerprint density at radius 3 is 2.65 bits per heavy atom. The van der Waals surface area contributed by atoms with Crippen LogP contribution in [0, 0.1) is 0 Å². The molecular weight excluding hydrogens is 436 g/mol. The van der Waals surface area contributed by atoms with Crippen LogP contribution in [-0.4, -0.2) is 51.4 Å². The summed E-state index contributed by atoms with van der Waals surface area (Å²) >= 11 is 7.54.